The summed E-state index contributed by atoms with van der Waals surface area (Å²) in [5, 5.41) is 3.39. The van der Waals surface area contributed by atoms with Crippen LogP contribution in [0.2, 0.25) is 0 Å². The molecule has 0 bridgehead atoms. The third kappa shape index (κ3) is 5.64. The predicted molar refractivity (Wildman–Crippen MR) is 81.3 cm³/mol. The molecule has 1 unspecified atom stereocenters. The molecular formula is C15H25NO2S. The normalized spacial score (nSPS) is 13.2. The van der Waals surface area contributed by atoms with Gasteiger partial charge in [-0.1, -0.05) is 33.1 Å². The summed E-state index contributed by atoms with van der Waals surface area (Å²) in [5.74, 6) is 0.689. The zero-order valence-corrected chi connectivity index (χ0v) is 13.0. The quantitative estimate of drug-likeness (QED) is 0.791. The number of anilines is 1. The predicted octanol–water partition coefficient (Wildman–Crippen LogP) is 3.72. The molecule has 1 atom stereocenters. The van der Waals surface area contributed by atoms with Crippen LogP contribution in [0.5, 0.6) is 0 Å². The van der Waals surface area contributed by atoms with Gasteiger partial charge >= 0.3 is 0 Å². The summed E-state index contributed by atoms with van der Waals surface area (Å²) >= 11 is 0. The number of nitrogens with one attached hydrogen (secondary N) is 1. The fourth-order valence-corrected chi connectivity index (χ4v) is 2.66. The first kappa shape index (κ1) is 16.0. The average molecular weight is 283 g/mol. The van der Waals surface area contributed by atoms with Crippen LogP contribution in [0.25, 0.3) is 0 Å². The van der Waals surface area contributed by atoms with Crippen LogP contribution >= 0.6 is 0 Å². The van der Waals surface area contributed by atoms with Crippen LogP contribution in [0.3, 0.4) is 0 Å². The maximum Gasteiger partial charge on any atom is 0.175 e. The molecule has 0 aliphatic rings. The van der Waals surface area contributed by atoms with Gasteiger partial charge in [0, 0.05) is 18.5 Å². The van der Waals surface area contributed by atoms with Crippen molar-refractivity contribution in [2.45, 2.75) is 44.4 Å². The van der Waals surface area contributed by atoms with Crippen molar-refractivity contribution < 1.29 is 8.42 Å². The molecule has 1 N–H and O–H groups in total. The van der Waals surface area contributed by atoms with Crippen molar-refractivity contribution in [1.82, 2.24) is 0 Å². The number of hydrogen-bond acceptors (Lipinski definition) is 3. The van der Waals surface area contributed by atoms with Gasteiger partial charge in [0.05, 0.1) is 4.90 Å². The first-order chi connectivity index (χ1) is 8.97. The van der Waals surface area contributed by atoms with Crippen LogP contribution < -0.4 is 5.32 Å². The maximum absolute atomic E-state index is 11.4. The zero-order chi connectivity index (χ0) is 14.3. The molecule has 1 aromatic carbocycles. The van der Waals surface area contributed by atoms with Crippen LogP contribution in [0, 0.1) is 5.92 Å². The number of unbranched alkanes of at least 4 members (excludes halogenated alkanes) is 1. The zero-order valence-electron chi connectivity index (χ0n) is 12.1. The van der Waals surface area contributed by atoms with Gasteiger partial charge in [0.2, 0.25) is 0 Å². The lowest BCUT2D eigenvalue weighted by molar-refractivity contribution is 0.473. The summed E-state index contributed by atoms with van der Waals surface area (Å²) in [7, 11) is -3.10. The lowest BCUT2D eigenvalue weighted by Crippen LogP contribution is -2.13. The number of sulfone groups is 1. The second-order valence-corrected chi connectivity index (χ2v) is 7.11. The van der Waals surface area contributed by atoms with E-state index in [4.69, 9.17) is 0 Å². The second kappa shape index (κ2) is 7.53. The van der Waals surface area contributed by atoms with E-state index in [1.165, 1.54) is 31.9 Å². The lowest BCUT2D eigenvalue weighted by atomic mass is 9.99. The molecule has 19 heavy (non-hydrogen) atoms. The van der Waals surface area contributed by atoms with Crippen molar-refractivity contribution in [3.05, 3.63) is 24.3 Å². The first-order valence-electron chi connectivity index (χ1n) is 7.01. The van der Waals surface area contributed by atoms with Crippen molar-refractivity contribution in [3.8, 4) is 0 Å². The molecule has 1 rings (SSSR count). The van der Waals surface area contributed by atoms with Crippen LogP contribution in [0.4, 0.5) is 5.69 Å². The summed E-state index contributed by atoms with van der Waals surface area (Å²) in [6.45, 7) is 5.38. The van der Waals surface area contributed by atoms with Gasteiger partial charge in [0.25, 0.3) is 0 Å². The summed E-state index contributed by atoms with van der Waals surface area (Å²) in [6, 6.07) is 6.99. The van der Waals surface area contributed by atoms with Gasteiger partial charge in [-0.05, 0) is 36.6 Å². The Labute approximate surface area is 117 Å². The summed E-state index contributed by atoms with van der Waals surface area (Å²) in [5.41, 5.74) is 0.988. The fraction of sp³-hybridized carbons (Fsp3) is 0.600. The molecule has 0 radical (unpaired) electrons. The molecule has 0 aliphatic carbocycles. The van der Waals surface area contributed by atoms with E-state index >= 15 is 0 Å². The van der Waals surface area contributed by atoms with Gasteiger partial charge in [-0.3, -0.25) is 0 Å². The average Bonchev–Trinajstić information content (AvgIpc) is 2.38. The number of hydrogen-bond donors (Lipinski definition) is 1. The Kier molecular flexibility index (Phi) is 6.35. The van der Waals surface area contributed by atoms with Gasteiger partial charge in [-0.25, -0.2) is 8.42 Å². The van der Waals surface area contributed by atoms with Gasteiger partial charge < -0.3 is 5.32 Å². The van der Waals surface area contributed by atoms with Crippen molar-refractivity contribution in [2.24, 2.45) is 5.92 Å². The highest BCUT2D eigenvalue weighted by atomic mass is 32.2. The first-order valence-corrected chi connectivity index (χ1v) is 8.90. The molecule has 0 fully saturated rings. The van der Waals surface area contributed by atoms with E-state index in [0.717, 1.165) is 12.2 Å². The molecule has 0 heterocycles. The van der Waals surface area contributed by atoms with Gasteiger partial charge in [-0.15, -0.1) is 0 Å². The minimum Gasteiger partial charge on any atom is -0.385 e. The molecule has 0 aromatic heterocycles. The molecular weight excluding hydrogens is 258 g/mol. The summed E-state index contributed by atoms with van der Waals surface area (Å²) < 4.78 is 22.7. The standard InChI is InChI=1S/C15H25NO2S/c1-4-6-7-13(5-2)12-16-14-8-10-15(11-9-14)19(3,17)18/h8-11,13,16H,4-7,12H2,1-3H3. The molecule has 108 valence electrons. The van der Waals surface area contributed by atoms with Crippen LogP contribution in [0.15, 0.2) is 29.2 Å². The highest BCUT2D eigenvalue weighted by Gasteiger charge is 2.08. The third-order valence-corrected chi connectivity index (χ3v) is 4.55. The second-order valence-electron chi connectivity index (χ2n) is 5.09. The summed E-state index contributed by atoms with van der Waals surface area (Å²) in [6.07, 6.45) is 6.16. The number of benzene rings is 1. The lowest BCUT2D eigenvalue weighted by Gasteiger charge is -2.16. The minimum atomic E-state index is -3.10. The van der Waals surface area contributed by atoms with E-state index in [0.29, 0.717) is 10.8 Å². The Morgan fingerprint density at radius 2 is 1.79 bits per heavy atom. The monoisotopic (exact) mass is 283 g/mol. The fourth-order valence-electron chi connectivity index (χ4n) is 2.03. The SMILES string of the molecule is CCCCC(CC)CNc1ccc(S(C)(=O)=O)cc1. The van der Waals surface area contributed by atoms with Crippen molar-refractivity contribution in [1.29, 1.82) is 0 Å². The molecule has 0 spiro atoms. The molecule has 0 saturated heterocycles. The van der Waals surface area contributed by atoms with Gasteiger partial charge in [-0.2, -0.15) is 0 Å². The van der Waals surface area contributed by atoms with Crippen molar-refractivity contribution >= 4 is 15.5 Å². The Morgan fingerprint density at radius 1 is 1.16 bits per heavy atom. The maximum atomic E-state index is 11.4. The summed E-state index contributed by atoms with van der Waals surface area (Å²) in [4.78, 5) is 0.371. The van der Waals surface area contributed by atoms with Crippen LogP contribution in [0.1, 0.15) is 39.5 Å². The molecule has 1 aromatic rings. The van der Waals surface area contributed by atoms with E-state index in [-0.39, 0.29) is 0 Å². The third-order valence-electron chi connectivity index (χ3n) is 3.42. The highest BCUT2D eigenvalue weighted by Crippen LogP contribution is 2.17. The van der Waals surface area contributed by atoms with E-state index in [1.807, 2.05) is 12.1 Å². The molecule has 0 saturated carbocycles. The van der Waals surface area contributed by atoms with E-state index < -0.39 is 9.84 Å². The molecule has 4 heteroatoms. The van der Waals surface area contributed by atoms with Gasteiger partial charge in [0.1, 0.15) is 0 Å². The Balaban J connectivity index is 2.53. The van der Waals surface area contributed by atoms with Crippen molar-refractivity contribution in [2.75, 3.05) is 18.1 Å². The molecule has 0 aliphatic heterocycles. The smallest absolute Gasteiger partial charge is 0.175 e. The van der Waals surface area contributed by atoms with E-state index in [2.05, 4.69) is 19.2 Å². The van der Waals surface area contributed by atoms with E-state index in [9.17, 15) is 8.42 Å². The minimum absolute atomic E-state index is 0.371. The van der Waals surface area contributed by atoms with E-state index in [1.54, 1.807) is 12.1 Å². The van der Waals surface area contributed by atoms with Crippen molar-refractivity contribution in [3.63, 3.8) is 0 Å². The van der Waals surface area contributed by atoms with Gasteiger partial charge in [0.15, 0.2) is 9.84 Å². The largest absolute Gasteiger partial charge is 0.385 e. The Morgan fingerprint density at radius 3 is 2.26 bits per heavy atom. The molecule has 3 nitrogen and oxygen atoms in total. The highest BCUT2D eigenvalue weighted by molar-refractivity contribution is 7.90. The Hall–Kier alpha value is -1.03. The van der Waals surface area contributed by atoms with Crippen LogP contribution in [-0.4, -0.2) is 21.2 Å². The van der Waals surface area contributed by atoms with Crippen LogP contribution in [-0.2, 0) is 9.84 Å². The number of rotatable bonds is 8. The Bertz CT molecular complexity index is 465. The molecule has 0 amide bonds. The topological polar surface area (TPSA) is 46.2 Å².